The fourth-order valence-corrected chi connectivity index (χ4v) is 2.89. The maximum Gasteiger partial charge on any atom is 0.303 e. The summed E-state index contributed by atoms with van der Waals surface area (Å²) in [5, 5.41) is 9.02. The highest BCUT2D eigenvalue weighted by Crippen LogP contribution is 2.41. The minimum atomic E-state index is -0.820. The average Bonchev–Trinajstić information content (AvgIpc) is 2.38. The molecule has 0 radical (unpaired) electrons. The molecule has 0 heterocycles. The summed E-state index contributed by atoms with van der Waals surface area (Å²) in [5.41, 5.74) is 3.28. The summed E-state index contributed by atoms with van der Waals surface area (Å²) in [6.45, 7) is 0. The molecular weight excluding hydrogens is 243 g/mol. The van der Waals surface area contributed by atoms with Crippen LogP contribution in [0, 0.1) is 5.82 Å². The Kier molecular flexibility index (Phi) is 2.82. The summed E-state index contributed by atoms with van der Waals surface area (Å²) in [6.07, 6.45) is 0.656. The number of rotatable bonds is 2. The van der Waals surface area contributed by atoms with Crippen molar-refractivity contribution in [1.29, 1.82) is 0 Å². The number of hydrogen-bond acceptors (Lipinski definition) is 1. The van der Waals surface area contributed by atoms with Gasteiger partial charge in [-0.2, -0.15) is 0 Å². The smallest absolute Gasteiger partial charge is 0.303 e. The van der Waals surface area contributed by atoms with E-state index in [1.807, 2.05) is 30.3 Å². The molecule has 19 heavy (non-hydrogen) atoms. The van der Waals surface area contributed by atoms with E-state index in [0.717, 1.165) is 16.7 Å². The molecule has 0 spiro atoms. The molecule has 1 unspecified atom stereocenters. The number of carboxylic acids is 1. The number of carbonyl (C=O) groups is 1. The molecule has 3 heteroatoms. The summed E-state index contributed by atoms with van der Waals surface area (Å²) in [7, 11) is 0. The number of benzene rings is 2. The van der Waals surface area contributed by atoms with Gasteiger partial charge in [0.2, 0.25) is 0 Å². The highest BCUT2D eigenvalue weighted by Gasteiger charge is 2.27. The van der Waals surface area contributed by atoms with Crippen LogP contribution >= 0.6 is 0 Å². The van der Waals surface area contributed by atoms with Crippen molar-refractivity contribution in [3.05, 3.63) is 59.4 Å². The SMILES string of the molecule is O=C(O)CC1Cc2cccc(F)c2-c2ccccc21. The van der Waals surface area contributed by atoms with Crippen LogP contribution < -0.4 is 0 Å². The Hall–Kier alpha value is -2.16. The molecule has 0 saturated carbocycles. The van der Waals surface area contributed by atoms with Crippen LogP contribution in [0.4, 0.5) is 4.39 Å². The Balaban J connectivity index is 2.18. The fraction of sp³-hybridized carbons (Fsp3) is 0.188. The summed E-state index contributed by atoms with van der Waals surface area (Å²) in [6, 6.07) is 12.5. The summed E-state index contributed by atoms with van der Waals surface area (Å²) in [4.78, 5) is 11.0. The average molecular weight is 256 g/mol. The van der Waals surface area contributed by atoms with Crippen molar-refractivity contribution in [2.45, 2.75) is 18.8 Å². The lowest BCUT2D eigenvalue weighted by Crippen LogP contribution is -2.15. The quantitative estimate of drug-likeness (QED) is 0.891. The summed E-state index contributed by atoms with van der Waals surface area (Å²) < 4.78 is 14.0. The molecule has 3 rings (SSSR count). The molecule has 0 aromatic heterocycles. The second-order valence-electron chi connectivity index (χ2n) is 4.86. The Morgan fingerprint density at radius 3 is 2.79 bits per heavy atom. The standard InChI is InChI=1S/C16H13FO2/c17-14-7-3-4-10-8-11(9-15(18)19)12-5-1-2-6-13(12)16(10)14/h1-7,11H,8-9H2,(H,18,19). The van der Waals surface area contributed by atoms with Gasteiger partial charge >= 0.3 is 5.97 Å². The van der Waals surface area contributed by atoms with Crippen LogP contribution in [0.15, 0.2) is 42.5 Å². The van der Waals surface area contributed by atoms with Gasteiger partial charge < -0.3 is 5.11 Å². The minimum Gasteiger partial charge on any atom is -0.481 e. The van der Waals surface area contributed by atoms with Gasteiger partial charge in [0.1, 0.15) is 5.82 Å². The molecule has 0 bridgehead atoms. The Bertz CT molecular complexity index is 649. The number of hydrogen-bond donors (Lipinski definition) is 1. The van der Waals surface area contributed by atoms with Crippen LogP contribution in [-0.2, 0) is 11.2 Å². The van der Waals surface area contributed by atoms with E-state index < -0.39 is 5.97 Å². The van der Waals surface area contributed by atoms with Crippen LogP contribution in [0.3, 0.4) is 0 Å². The lowest BCUT2D eigenvalue weighted by molar-refractivity contribution is -0.137. The molecule has 0 aliphatic heterocycles. The molecule has 1 N–H and O–H groups in total. The fourth-order valence-electron chi connectivity index (χ4n) is 2.89. The van der Waals surface area contributed by atoms with Gasteiger partial charge in [-0.1, -0.05) is 36.4 Å². The first-order valence-corrected chi connectivity index (χ1v) is 6.25. The molecule has 0 amide bonds. The number of fused-ring (bicyclic) bond motifs is 3. The first-order chi connectivity index (χ1) is 9.16. The van der Waals surface area contributed by atoms with Gasteiger partial charge in [-0.15, -0.1) is 0 Å². The molecule has 96 valence electrons. The lowest BCUT2D eigenvalue weighted by atomic mass is 9.77. The third-order valence-electron chi connectivity index (χ3n) is 3.66. The normalized spacial score (nSPS) is 16.6. The van der Waals surface area contributed by atoms with Crippen LogP contribution in [0.1, 0.15) is 23.5 Å². The van der Waals surface area contributed by atoms with E-state index in [0.29, 0.717) is 12.0 Å². The maximum absolute atomic E-state index is 14.0. The maximum atomic E-state index is 14.0. The van der Waals surface area contributed by atoms with Gasteiger partial charge in [0.25, 0.3) is 0 Å². The summed E-state index contributed by atoms with van der Waals surface area (Å²) >= 11 is 0. The number of carboxylic acid groups (broad SMARTS) is 1. The number of aliphatic carboxylic acids is 1. The van der Waals surface area contributed by atoms with E-state index >= 15 is 0 Å². The van der Waals surface area contributed by atoms with E-state index in [1.54, 1.807) is 6.07 Å². The van der Waals surface area contributed by atoms with Gasteiger partial charge in [0, 0.05) is 5.56 Å². The van der Waals surface area contributed by atoms with Crippen LogP contribution in [0.2, 0.25) is 0 Å². The van der Waals surface area contributed by atoms with E-state index in [2.05, 4.69) is 0 Å². The van der Waals surface area contributed by atoms with Crippen molar-refractivity contribution in [2.75, 3.05) is 0 Å². The summed E-state index contributed by atoms with van der Waals surface area (Å²) in [5.74, 6) is -1.14. The van der Waals surface area contributed by atoms with Crippen LogP contribution in [0.25, 0.3) is 11.1 Å². The van der Waals surface area contributed by atoms with Crippen molar-refractivity contribution in [1.82, 2.24) is 0 Å². The first-order valence-electron chi connectivity index (χ1n) is 6.25. The zero-order chi connectivity index (χ0) is 13.4. The highest BCUT2D eigenvalue weighted by molar-refractivity contribution is 5.77. The Labute approximate surface area is 110 Å². The Morgan fingerprint density at radius 2 is 2.00 bits per heavy atom. The second-order valence-corrected chi connectivity index (χ2v) is 4.86. The molecule has 2 nitrogen and oxygen atoms in total. The van der Waals surface area contributed by atoms with Gasteiger partial charge in [0.15, 0.2) is 0 Å². The number of halogens is 1. The topological polar surface area (TPSA) is 37.3 Å². The van der Waals surface area contributed by atoms with Crippen molar-refractivity contribution >= 4 is 5.97 Å². The Morgan fingerprint density at radius 1 is 1.21 bits per heavy atom. The highest BCUT2D eigenvalue weighted by atomic mass is 19.1. The molecule has 1 atom stereocenters. The van der Waals surface area contributed by atoms with Crippen LogP contribution in [-0.4, -0.2) is 11.1 Å². The zero-order valence-corrected chi connectivity index (χ0v) is 10.3. The molecule has 2 aromatic rings. The van der Waals surface area contributed by atoms with E-state index in [4.69, 9.17) is 5.11 Å². The predicted octanol–water partition coefficient (Wildman–Crippen LogP) is 3.61. The zero-order valence-electron chi connectivity index (χ0n) is 10.3. The van der Waals surface area contributed by atoms with Crippen molar-refractivity contribution < 1.29 is 14.3 Å². The molecule has 2 aromatic carbocycles. The van der Waals surface area contributed by atoms with Gasteiger partial charge in [-0.25, -0.2) is 4.39 Å². The van der Waals surface area contributed by atoms with E-state index in [-0.39, 0.29) is 18.2 Å². The van der Waals surface area contributed by atoms with E-state index in [1.165, 1.54) is 6.07 Å². The minimum absolute atomic E-state index is 0.0764. The van der Waals surface area contributed by atoms with Crippen molar-refractivity contribution in [3.8, 4) is 11.1 Å². The van der Waals surface area contributed by atoms with Gasteiger partial charge in [-0.3, -0.25) is 4.79 Å². The van der Waals surface area contributed by atoms with Gasteiger partial charge in [0.05, 0.1) is 6.42 Å². The first kappa shape index (κ1) is 11.9. The molecule has 1 aliphatic carbocycles. The predicted molar refractivity (Wildman–Crippen MR) is 70.5 cm³/mol. The van der Waals surface area contributed by atoms with Gasteiger partial charge in [-0.05, 0) is 35.1 Å². The molecule has 1 aliphatic rings. The monoisotopic (exact) mass is 256 g/mol. The van der Waals surface area contributed by atoms with E-state index in [9.17, 15) is 9.18 Å². The third kappa shape index (κ3) is 2.01. The largest absolute Gasteiger partial charge is 0.481 e. The molecule has 0 saturated heterocycles. The molecule has 0 fully saturated rings. The molecular formula is C16H13FO2. The van der Waals surface area contributed by atoms with Crippen molar-refractivity contribution in [2.24, 2.45) is 0 Å². The van der Waals surface area contributed by atoms with Crippen LogP contribution in [0.5, 0.6) is 0 Å². The van der Waals surface area contributed by atoms with Crippen molar-refractivity contribution in [3.63, 3.8) is 0 Å². The lowest BCUT2D eigenvalue weighted by Gasteiger charge is -2.27. The third-order valence-corrected chi connectivity index (χ3v) is 3.66. The second kappa shape index (κ2) is 4.50.